The summed E-state index contributed by atoms with van der Waals surface area (Å²) in [7, 11) is 1.55. The van der Waals surface area contributed by atoms with Crippen molar-refractivity contribution in [3.63, 3.8) is 0 Å². The van der Waals surface area contributed by atoms with Crippen LogP contribution in [0.25, 0.3) is 0 Å². The summed E-state index contributed by atoms with van der Waals surface area (Å²) in [4.78, 5) is 0. The van der Waals surface area contributed by atoms with E-state index in [1.165, 1.54) is 6.42 Å². The van der Waals surface area contributed by atoms with Crippen molar-refractivity contribution in [3.8, 4) is 0 Å². The molecule has 2 heteroatoms. The third-order valence-corrected chi connectivity index (χ3v) is 2.75. The van der Waals surface area contributed by atoms with Gasteiger partial charge in [-0.05, 0) is 22.8 Å². The van der Waals surface area contributed by atoms with E-state index in [9.17, 15) is 0 Å². The van der Waals surface area contributed by atoms with Gasteiger partial charge in [0.15, 0.2) is 9.76 Å². The van der Waals surface area contributed by atoms with Crippen molar-refractivity contribution in [2.45, 2.75) is 66.8 Å². The van der Waals surface area contributed by atoms with Gasteiger partial charge < -0.3 is 4.43 Å². The summed E-state index contributed by atoms with van der Waals surface area (Å²) in [5.41, 5.74) is 0.522. The van der Waals surface area contributed by atoms with Crippen molar-refractivity contribution in [2.75, 3.05) is 7.11 Å². The molecule has 0 unspecified atom stereocenters. The first-order valence-electron chi connectivity index (χ1n) is 5.97. The Morgan fingerprint density at radius 1 is 1.00 bits per heavy atom. The molecule has 0 aliphatic heterocycles. The van der Waals surface area contributed by atoms with Gasteiger partial charge in [-0.2, -0.15) is 0 Å². The van der Waals surface area contributed by atoms with Crippen LogP contribution < -0.4 is 0 Å². The van der Waals surface area contributed by atoms with E-state index in [0.29, 0.717) is 10.5 Å². The molecule has 0 radical (unpaired) electrons. The van der Waals surface area contributed by atoms with E-state index in [-0.39, 0.29) is 9.76 Å². The Hall–Kier alpha value is 0.177. The van der Waals surface area contributed by atoms with Crippen LogP contribution >= 0.6 is 0 Å². The van der Waals surface area contributed by atoms with E-state index in [4.69, 9.17) is 4.43 Å². The topological polar surface area (TPSA) is 9.23 Å². The molecule has 0 aliphatic carbocycles. The molecule has 0 aromatic heterocycles. The van der Waals surface area contributed by atoms with E-state index in [1.807, 2.05) is 0 Å². The Bertz CT molecular complexity index is 140. The fraction of sp³-hybridized carbons (Fsp3) is 1.00. The first-order valence-corrected chi connectivity index (χ1v) is 7.25. The zero-order valence-electron chi connectivity index (χ0n) is 12.4. The zero-order chi connectivity index (χ0) is 12.7. The van der Waals surface area contributed by atoms with Gasteiger partial charge in [0.25, 0.3) is 0 Å². The minimum absolute atomic E-state index is 0.240. The molecule has 0 saturated carbocycles. The second-order valence-corrected chi connectivity index (χ2v) is 10.1. The monoisotopic (exact) mass is 232 g/mol. The summed E-state index contributed by atoms with van der Waals surface area (Å²) in [6.07, 6.45) is 1.33. The Labute approximate surface area is 99.9 Å². The Kier molecular flexibility index (Phi) is 8.73. The van der Waals surface area contributed by atoms with Crippen LogP contribution in [-0.2, 0) is 4.43 Å². The molecular formula is C13H32OSi. The van der Waals surface area contributed by atoms with Gasteiger partial charge in [0.1, 0.15) is 0 Å². The van der Waals surface area contributed by atoms with Crippen LogP contribution in [0, 0.1) is 11.3 Å². The predicted octanol–water partition coefficient (Wildman–Crippen LogP) is 4.01. The van der Waals surface area contributed by atoms with Crippen molar-refractivity contribution < 1.29 is 4.43 Å². The minimum atomic E-state index is -0.240. The highest BCUT2D eigenvalue weighted by Gasteiger charge is 2.11. The van der Waals surface area contributed by atoms with Crippen LogP contribution in [0.15, 0.2) is 0 Å². The average molecular weight is 232 g/mol. The normalized spacial score (nSPS) is 13.2. The van der Waals surface area contributed by atoms with Gasteiger partial charge >= 0.3 is 0 Å². The molecular weight excluding hydrogens is 200 g/mol. The molecule has 0 amide bonds. The molecule has 94 valence electrons. The van der Waals surface area contributed by atoms with Crippen LogP contribution in [0.5, 0.6) is 0 Å². The summed E-state index contributed by atoms with van der Waals surface area (Å²) >= 11 is 0. The Morgan fingerprint density at radius 2 is 1.40 bits per heavy atom. The number of hydrogen-bond donors (Lipinski definition) is 0. The second kappa shape index (κ2) is 7.45. The minimum Gasteiger partial charge on any atom is -0.427 e. The molecule has 0 aromatic rings. The first-order chi connectivity index (χ1) is 6.48. The summed E-state index contributed by atoms with van der Waals surface area (Å²) in [6, 6.07) is 0. The van der Waals surface area contributed by atoms with Gasteiger partial charge in [0.05, 0.1) is 0 Å². The van der Waals surface area contributed by atoms with E-state index in [2.05, 4.69) is 55.4 Å². The molecule has 0 saturated heterocycles. The standard InChI is InChI=1S/C8H18.C5H14OSi/c1-7(2)6-8(3,4)5;1-5(2,3)7-6-4/h7H,6H2,1-5H3;7H2,1-4H3. The molecule has 0 heterocycles. The lowest BCUT2D eigenvalue weighted by Gasteiger charge is -2.19. The molecule has 0 aromatic carbocycles. The maximum Gasteiger partial charge on any atom is 0.166 e. The summed E-state index contributed by atoms with van der Waals surface area (Å²) < 4.78 is 5.05. The number of hydrogen-bond acceptors (Lipinski definition) is 1. The molecule has 0 N–H and O–H groups in total. The molecule has 0 spiro atoms. The molecule has 15 heavy (non-hydrogen) atoms. The van der Waals surface area contributed by atoms with Crippen molar-refractivity contribution in [3.05, 3.63) is 0 Å². The van der Waals surface area contributed by atoms with Crippen molar-refractivity contribution in [2.24, 2.45) is 11.3 Å². The Balaban J connectivity index is 0. The molecule has 0 aliphatic rings. The van der Waals surface area contributed by atoms with Gasteiger partial charge in [-0.25, -0.2) is 0 Å². The molecule has 0 fully saturated rings. The molecule has 1 nitrogen and oxygen atoms in total. The highest BCUT2D eigenvalue weighted by atomic mass is 28.2. The van der Waals surface area contributed by atoms with E-state index >= 15 is 0 Å². The molecule has 0 rings (SSSR count). The largest absolute Gasteiger partial charge is 0.427 e. The van der Waals surface area contributed by atoms with Crippen LogP contribution in [0.4, 0.5) is 0 Å². The van der Waals surface area contributed by atoms with Crippen LogP contribution in [-0.4, -0.2) is 16.9 Å². The van der Waals surface area contributed by atoms with Crippen molar-refractivity contribution in [1.29, 1.82) is 0 Å². The van der Waals surface area contributed by atoms with Gasteiger partial charge in [0, 0.05) is 7.11 Å². The highest BCUT2D eigenvalue weighted by Crippen LogP contribution is 2.23. The molecule has 0 atom stereocenters. The zero-order valence-corrected chi connectivity index (χ0v) is 13.8. The summed E-state index contributed by atoms with van der Waals surface area (Å²) in [5.74, 6) is 0.843. The number of rotatable bonds is 2. The van der Waals surface area contributed by atoms with Crippen LogP contribution in [0.2, 0.25) is 5.04 Å². The quantitative estimate of drug-likeness (QED) is 0.654. The molecule has 0 bridgehead atoms. The first kappa shape index (κ1) is 17.6. The maximum atomic E-state index is 5.05. The fourth-order valence-corrected chi connectivity index (χ4v) is 2.52. The Morgan fingerprint density at radius 3 is 1.40 bits per heavy atom. The van der Waals surface area contributed by atoms with Crippen LogP contribution in [0.3, 0.4) is 0 Å². The lowest BCUT2D eigenvalue weighted by Crippen LogP contribution is -2.09. The van der Waals surface area contributed by atoms with E-state index < -0.39 is 0 Å². The highest BCUT2D eigenvalue weighted by molar-refractivity contribution is 6.31. The SMILES string of the molecule is CC(C)CC(C)(C)C.CO[SiH2]C(C)(C)C. The van der Waals surface area contributed by atoms with Crippen molar-refractivity contribution >= 4 is 9.76 Å². The van der Waals surface area contributed by atoms with Crippen LogP contribution in [0.1, 0.15) is 61.8 Å². The maximum absolute atomic E-state index is 5.05. The third kappa shape index (κ3) is 25.0. The second-order valence-electron chi connectivity index (χ2n) is 7.15. The summed E-state index contributed by atoms with van der Waals surface area (Å²) in [5, 5.41) is 0.467. The summed E-state index contributed by atoms with van der Waals surface area (Å²) in [6.45, 7) is 18.0. The van der Waals surface area contributed by atoms with Gasteiger partial charge in [0.2, 0.25) is 0 Å². The van der Waals surface area contributed by atoms with E-state index in [1.54, 1.807) is 7.11 Å². The van der Waals surface area contributed by atoms with Crippen molar-refractivity contribution in [1.82, 2.24) is 0 Å². The third-order valence-electron chi connectivity index (χ3n) is 1.60. The lowest BCUT2D eigenvalue weighted by molar-refractivity contribution is 0.320. The lowest BCUT2D eigenvalue weighted by atomic mass is 9.86. The smallest absolute Gasteiger partial charge is 0.166 e. The predicted molar refractivity (Wildman–Crippen MR) is 74.2 cm³/mol. The fourth-order valence-electron chi connectivity index (χ4n) is 1.66. The van der Waals surface area contributed by atoms with Gasteiger partial charge in [-0.15, -0.1) is 0 Å². The average Bonchev–Trinajstić information content (AvgIpc) is 1.77. The van der Waals surface area contributed by atoms with E-state index in [0.717, 1.165) is 5.92 Å². The van der Waals surface area contributed by atoms with Gasteiger partial charge in [-0.1, -0.05) is 55.4 Å². The van der Waals surface area contributed by atoms with Gasteiger partial charge in [-0.3, -0.25) is 0 Å².